The standard InChI is InChI=1S/C26H30N4O2/c1-3-4-5-6-12-17-32-26(31)22-23-25(29-21-16-11-10-15-20(21)28-23)30(24(22)27)18(2)19-13-8-7-9-14-19/h7-11,13-16,18H,3-6,12,17,27H2,1-2H3/t18-/m0/s1. The van der Waals surface area contributed by atoms with E-state index in [2.05, 4.69) is 6.92 Å². The molecule has 0 unspecified atom stereocenters. The van der Waals surface area contributed by atoms with Gasteiger partial charge in [-0.15, -0.1) is 0 Å². The molecule has 0 aliphatic carbocycles. The van der Waals surface area contributed by atoms with Crippen LogP contribution in [0, 0.1) is 0 Å². The van der Waals surface area contributed by atoms with Gasteiger partial charge in [0.1, 0.15) is 16.9 Å². The van der Waals surface area contributed by atoms with Crippen molar-refractivity contribution in [3.63, 3.8) is 0 Å². The molecule has 2 heterocycles. The SMILES string of the molecule is CCCCCCCOC(=O)c1c(N)n([C@@H](C)c2ccccc2)c2nc3ccccc3nc12. The van der Waals surface area contributed by atoms with Gasteiger partial charge in [-0.1, -0.05) is 75.1 Å². The van der Waals surface area contributed by atoms with Crippen LogP contribution >= 0.6 is 0 Å². The lowest BCUT2D eigenvalue weighted by atomic mass is 10.1. The molecular formula is C26H30N4O2. The average molecular weight is 431 g/mol. The van der Waals surface area contributed by atoms with Crippen molar-refractivity contribution in [2.75, 3.05) is 12.3 Å². The van der Waals surface area contributed by atoms with Gasteiger partial charge in [-0.05, 0) is 31.0 Å². The van der Waals surface area contributed by atoms with E-state index in [1.165, 1.54) is 12.8 Å². The summed E-state index contributed by atoms with van der Waals surface area (Å²) in [6, 6.07) is 17.5. The van der Waals surface area contributed by atoms with E-state index < -0.39 is 5.97 Å². The van der Waals surface area contributed by atoms with Crippen LogP contribution in [-0.2, 0) is 4.74 Å². The van der Waals surface area contributed by atoms with E-state index in [-0.39, 0.29) is 6.04 Å². The molecule has 2 aromatic heterocycles. The van der Waals surface area contributed by atoms with Gasteiger partial charge in [-0.25, -0.2) is 14.8 Å². The first kappa shape index (κ1) is 21.8. The summed E-state index contributed by atoms with van der Waals surface area (Å²) in [6.07, 6.45) is 5.44. The zero-order valence-corrected chi connectivity index (χ0v) is 18.8. The van der Waals surface area contributed by atoms with Gasteiger partial charge < -0.3 is 15.0 Å². The van der Waals surface area contributed by atoms with Crippen LogP contribution < -0.4 is 5.73 Å². The molecule has 166 valence electrons. The first-order chi connectivity index (χ1) is 15.6. The van der Waals surface area contributed by atoms with Crippen molar-refractivity contribution in [2.24, 2.45) is 0 Å². The molecule has 4 rings (SSSR count). The zero-order chi connectivity index (χ0) is 22.5. The van der Waals surface area contributed by atoms with Gasteiger partial charge in [0.2, 0.25) is 0 Å². The second-order valence-electron chi connectivity index (χ2n) is 8.15. The number of para-hydroxylation sites is 2. The Labute approximate surface area is 188 Å². The lowest BCUT2D eigenvalue weighted by Gasteiger charge is -2.17. The molecule has 6 nitrogen and oxygen atoms in total. The van der Waals surface area contributed by atoms with E-state index in [9.17, 15) is 4.79 Å². The number of carbonyl (C=O) groups is 1. The molecule has 0 radical (unpaired) electrons. The zero-order valence-electron chi connectivity index (χ0n) is 18.8. The monoisotopic (exact) mass is 430 g/mol. The predicted molar refractivity (Wildman–Crippen MR) is 129 cm³/mol. The first-order valence-electron chi connectivity index (χ1n) is 11.4. The van der Waals surface area contributed by atoms with Gasteiger partial charge in [0.25, 0.3) is 0 Å². The molecule has 0 spiro atoms. The van der Waals surface area contributed by atoms with Crippen molar-refractivity contribution in [1.82, 2.24) is 14.5 Å². The van der Waals surface area contributed by atoms with Crippen LogP contribution in [0.5, 0.6) is 0 Å². The molecular weight excluding hydrogens is 400 g/mol. The van der Waals surface area contributed by atoms with Gasteiger partial charge in [-0.3, -0.25) is 0 Å². The van der Waals surface area contributed by atoms with Crippen LogP contribution in [-0.4, -0.2) is 27.1 Å². The normalized spacial score (nSPS) is 12.3. The Balaban J connectivity index is 1.74. The summed E-state index contributed by atoms with van der Waals surface area (Å²) in [4.78, 5) is 22.7. The Morgan fingerprint density at radius 1 is 0.969 bits per heavy atom. The van der Waals surface area contributed by atoms with E-state index >= 15 is 0 Å². The number of nitrogen functional groups attached to an aromatic ring is 1. The number of aromatic nitrogens is 3. The number of rotatable bonds is 9. The molecule has 32 heavy (non-hydrogen) atoms. The maximum Gasteiger partial charge on any atom is 0.344 e. The second-order valence-corrected chi connectivity index (χ2v) is 8.15. The molecule has 6 heteroatoms. The van der Waals surface area contributed by atoms with Crippen LogP contribution in [0.1, 0.15) is 67.9 Å². The summed E-state index contributed by atoms with van der Waals surface area (Å²) in [5.74, 6) is -0.103. The quantitative estimate of drug-likeness (QED) is 0.264. The summed E-state index contributed by atoms with van der Waals surface area (Å²) >= 11 is 0. The third-order valence-electron chi connectivity index (χ3n) is 5.89. The molecule has 0 saturated carbocycles. The van der Waals surface area contributed by atoms with Gasteiger partial charge in [0, 0.05) is 0 Å². The van der Waals surface area contributed by atoms with Crippen LogP contribution in [0.2, 0.25) is 0 Å². The van der Waals surface area contributed by atoms with Crippen molar-refractivity contribution in [2.45, 2.75) is 52.0 Å². The summed E-state index contributed by atoms with van der Waals surface area (Å²) in [5, 5.41) is 0. The van der Waals surface area contributed by atoms with Crippen LogP contribution in [0.3, 0.4) is 0 Å². The fourth-order valence-corrected chi connectivity index (χ4v) is 4.10. The van der Waals surface area contributed by atoms with Crippen molar-refractivity contribution >= 4 is 34.0 Å². The minimum absolute atomic E-state index is 0.121. The van der Waals surface area contributed by atoms with Gasteiger partial charge >= 0.3 is 5.97 Å². The number of nitrogens with two attached hydrogens (primary N) is 1. The van der Waals surface area contributed by atoms with Crippen molar-refractivity contribution < 1.29 is 9.53 Å². The lowest BCUT2D eigenvalue weighted by molar-refractivity contribution is 0.0501. The number of carbonyl (C=O) groups excluding carboxylic acids is 1. The van der Waals surface area contributed by atoms with Crippen LogP contribution in [0.15, 0.2) is 54.6 Å². The van der Waals surface area contributed by atoms with Crippen LogP contribution in [0.25, 0.3) is 22.2 Å². The Kier molecular flexibility index (Phi) is 6.69. The molecule has 0 amide bonds. The highest BCUT2D eigenvalue weighted by Crippen LogP contribution is 2.33. The number of anilines is 1. The Bertz CT molecular complexity index is 1220. The highest BCUT2D eigenvalue weighted by Gasteiger charge is 2.27. The lowest BCUT2D eigenvalue weighted by Crippen LogP contribution is -2.13. The number of esters is 1. The Hall–Kier alpha value is -3.41. The van der Waals surface area contributed by atoms with Gasteiger partial charge in [0.05, 0.1) is 23.7 Å². The number of hydrogen-bond donors (Lipinski definition) is 1. The molecule has 0 fully saturated rings. The smallest absolute Gasteiger partial charge is 0.344 e. The molecule has 0 saturated heterocycles. The molecule has 0 bridgehead atoms. The van der Waals surface area contributed by atoms with E-state index in [1.54, 1.807) is 0 Å². The summed E-state index contributed by atoms with van der Waals surface area (Å²) in [6.45, 7) is 4.61. The number of hydrogen-bond acceptors (Lipinski definition) is 5. The minimum atomic E-state index is -0.438. The maximum absolute atomic E-state index is 13.1. The molecule has 2 aromatic carbocycles. The number of nitrogens with zero attached hydrogens (tertiary/aromatic N) is 3. The van der Waals surface area contributed by atoms with E-state index in [0.717, 1.165) is 35.9 Å². The van der Waals surface area contributed by atoms with Gasteiger partial charge in [-0.2, -0.15) is 0 Å². The second kappa shape index (κ2) is 9.81. The fraction of sp³-hybridized carbons (Fsp3) is 0.346. The third kappa shape index (κ3) is 4.31. The number of fused-ring (bicyclic) bond motifs is 2. The molecule has 4 aromatic rings. The first-order valence-corrected chi connectivity index (χ1v) is 11.4. The maximum atomic E-state index is 13.1. The van der Waals surface area contributed by atoms with Crippen molar-refractivity contribution in [1.29, 1.82) is 0 Å². The largest absolute Gasteiger partial charge is 0.462 e. The molecule has 2 N–H and O–H groups in total. The molecule has 1 atom stereocenters. The summed E-state index contributed by atoms with van der Waals surface area (Å²) in [7, 11) is 0. The average Bonchev–Trinajstić information content (AvgIpc) is 3.10. The van der Waals surface area contributed by atoms with Gasteiger partial charge in [0.15, 0.2) is 5.65 Å². The van der Waals surface area contributed by atoms with E-state index in [0.29, 0.717) is 29.2 Å². The Morgan fingerprint density at radius 2 is 1.62 bits per heavy atom. The van der Waals surface area contributed by atoms with Crippen molar-refractivity contribution in [3.8, 4) is 0 Å². The number of benzene rings is 2. The number of ether oxygens (including phenoxy) is 1. The predicted octanol–water partition coefficient (Wildman–Crippen LogP) is 5.90. The summed E-state index contributed by atoms with van der Waals surface area (Å²) < 4.78 is 7.50. The van der Waals surface area contributed by atoms with Crippen LogP contribution in [0.4, 0.5) is 5.82 Å². The Morgan fingerprint density at radius 3 is 2.34 bits per heavy atom. The minimum Gasteiger partial charge on any atom is -0.462 e. The summed E-state index contributed by atoms with van der Waals surface area (Å²) in [5.41, 5.74) is 10.5. The number of unbranched alkanes of at least 4 members (excludes halogenated alkanes) is 4. The fourth-order valence-electron chi connectivity index (χ4n) is 4.10. The highest BCUT2D eigenvalue weighted by atomic mass is 16.5. The highest BCUT2D eigenvalue weighted by molar-refractivity contribution is 6.08. The molecule has 0 aliphatic rings. The van der Waals surface area contributed by atoms with E-state index in [4.69, 9.17) is 20.4 Å². The van der Waals surface area contributed by atoms with Crippen molar-refractivity contribution in [3.05, 3.63) is 65.7 Å². The third-order valence-corrected chi connectivity index (χ3v) is 5.89. The molecule has 0 aliphatic heterocycles. The van der Waals surface area contributed by atoms with E-state index in [1.807, 2.05) is 66.1 Å². The topological polar surface area (TPSA) is 83.0 Å².